The Bertz CT molecular complexity index is 262. The molecule has 2 bridgehead atoms. The predicted octanol–water partition coefficient (Wildman–Crippen LogP) is 1.06. The topological polar surface area (TPSA) is 43.8 Å². The number of urea groups is 1. The molecule has 1 N–H and O–H groups in total. The van der Waals surface area contributed by atoms with Crippen LogP contribution in [0.2, 0.25) is 0 Å². The molecule has 0 aromatic rings. The Hall–Kier alpha value is -0.770. The van der Waals surface area contributed by atoms with Crippen LogP contribution in [0.15, 0.2) is 0 Å². The summed E-state index contributed by atoms with van der Waals surface area (Å²) in [5.74, 6) is 0. The van der Waals surface area contributed by atoms with Gasteiger partial charge in [-0.05, 0) is 31.1 Å². The molecule has 0 unspecified atom stereocenters. The average molecular weight is 182 g/mol. The summed E-state index contributed by atoms with van der Waals surface area (Å²) in [4.78, 5) is 13.2. The third kappa shape index (κ3) is 0.866. The molecule has 4 heteroatoms. The zero-order valence-corrected chi connectivity index (χ0v) is 7.57. The van der Waals surface area contributed by atoms with E-state index in [-0.39, 0.29) is 17.5 Å². The van der Waals surface area contributed by atoms with Crippen LogP contribution in [0, 0.1) is 5.41 Å². The number of carbonyl (C=O) groups excluding carboxylic acids is 1. The lowest BCUT2D eigenvalue weighted by Crippen LogP contribution is -2.39. The molecule has 2 heterocycles. The average Bonchev–Trinajstić information content (AvgIpc) is 2.87. The van der Waals surface area contributed by atoms with Crippen molar-refractivity contribution in [2.45, 2.75) is 31.7 Å². The van der Waals surface area contributed by atoms with Crippen molar-refractivity contribution >= 4 is 6.03 Å². The Kier molecular flexibility index (Phi) is 1.28. The second kappa shape index (κ2) is 2.18. The van der Waals surface area contributed by atoms with Crippen LogP contribution in [0.4, 0.5) is 4.79 Å². The molecule has 0 radical (unpaired) electrons. The first kappa shape index (κ1) is 7.62. The Morgan fingerprint density at radius 3 is 2.85 bits per heavy atom. The minimum Gasteiger partial charge on any atom is -0.321 e. The molecule has 4 nitrogen and oxygen atoms in total. The fraction of sp³-hybridized carbons (Fsp3) is 0.889. The van der Waals surface area contributed by atoms with Gasteiger partial charge in [0.1, 0.15) is 0 Å². The number of rotatable bonds is 0. The van der Waals surface area contributed by atoms with Gasteiger partial charge in [0.05, 0.1) is 6.04 Å². The maximum atomic E-state index is 11.5. The first-order chi connectivity index (χ1) is 6.23. The molecule has 3 fully saturated rings. The van der Waals surface area contributed by atoms with Crippen molar-refractivity contribution in [3.8, 4) is 0 Å². The molecule has 72 valence electrons. The third-order valence-electron chi connectivity index (χ3n) is 3.86. The summed E-state index contributed by atoms with van der Waals surface area (Å²) >= 11 is 0. The molecule has 0 aromatic carbocycles. The molecule has 0 aromatic heterocycles. The van der Waals surface area contributed by atoms with Gasteiger partial charge in [-0.25, -0.2) is 9.86 Å². The van der Waals surface area contributed by atoms with Crippen LogP contribution in [0.5, 0.6) is 0 Å². The Morgan fingerprint density at radius 1 is 1.38 bits per heavy atom. The van der Waals surface area contributed by atoms with Gasteiger partial charge in [-0.2, -0.15) is 0 Å². The lowest BCUT2D eigenvalue weighted by atomic mass is 9.92. The number of nitrogens with zero attached hydrogens (tertiary/aromatic N) is 2. The molecular weight excluding hydrogens is 168 g/mol. The van der Waals surface area contributed by atoms with Gasteiger partial charge >= 0.3 is 6.03 Å². The van der Waals surface area contributed by atoms with E-state index in [1.165, 1.54) is 19.3 Å². The fourth-order valence-corrected chi connectivity index (χ4v) is 2.81. The quantitative estimate of drug-likeness (QED) is 0.569. The highest BCUT2D eigenvalue weighted by molar-refractivity contribution is 5.76. The second-order valence-corrected chi connectivity index (χ2v) is 4.55. The standard InChI is InChI=1S/C9H14N2O2/c12-8-10-5-1-2-9(3-4-9)7(6-10)11(8)13/h7,13H,1-6H2/t7-/m0/s1. The van der Waals surface area contributed by atoms with Crippen molar-refractivity contribution in [1.82, 2.24) is 9.96 Å². The Labute approximate surface area is 77.1 Å². The number of fused-ring (bicyclic) bond motifs is 3. The van der Waals surface area contributed by atoms with Crippen molar-refractivity contribution in [2.24, 2.45) is 5.41 Å². The van der Waals surface area contributed by atoms with E-state index < -0.39 is 0 Å². The molecule has 3 aliphatic rings. The van der Waals surface area contributed by atoms with Gasteiger partial charge in [0.2, 0.25) is 0 Å². The van der Waals surface area contributed by atoms with Crippen molar-refractivity contribution < 1.29 is 10.0 Å². The van der Waals surface area contributed by atoms with E-state index >= 15 is 0 Å². The highest BCUT2D eigenvalue weighted by Crippen LogP contribution is 2.56. The zero-order chi connectivity index (χ0) is 9.05. The Morgan fingerprint density at radius 2 is 2.15 bits per heavy atom. The smallest absolute Gasteiger partial charge is 0.321 e. The van der Waals surface area contributed by atoms with E-state index in [0.29, 0.717) is 0 Å². The number of carbonyl (C=O) groups is 1. The summed E-state index contributed by atoms with van der Waals surface area (Å²) in [7, 11) is 0. The van der Waals surface area contributed by atoms with E-state index in [1.54, 1.807) is 4.90 Å². The molecule has 3 rings (SSSR count). The number of hydrogen-bond donors (Lipinski definition) is 1. The van der Waals surface area contributed by atoms with Gasteiger partial charge in [-0.1, -0.05) is 0 Å². The highest BCUT2D eigenvalue weighted by Gasteiger charge is 2.57. The fourth-order valence-electron chi connectivity index (χ4n) is 2.81. The molecule has 1 atom stereocenters. The second-order valence-electron chi connectivity index (χ2n) is 4.55. The maximum absolute atomic E-state index is 11.5. The summed E-state index contributed by atoms with van der Waals surface area (Å²) in [6.45, 7) is 1.57. The number of hydrogen-bond acceptors (Lipinski definition) is 2. The van der Waals surface area contributed by atoms with E-state index in [1.807, 2.05) is 0 Å². The van der Waals surface area contributed by atoms with E-state index in [9.17, 15) is 10.0 Å². The number of hydroxylamine groups is 2. The van der Waals surface area contributed by atoms with Gasteiger partial charge < -0.3 is 4.90 Å². The van der Waals surface area contributed by atoms with E-state index in [4.69, 9.17) is 0 Å². The normalized spacial score (nSPS) is 35.5. The van der Waals surface area contributed by atoms with Gasteiger partial charge in [0.15, 0.2) is 0 Å². The minimum atomic E-state index is -0.184. The lowest BCUT2D eigenvalue weighted by molar-refractivity contribution is -0.0805. The van der Waals surface area contributed by atoms with Crippen LogP contribution >= 0.6 is 0 Å². The predicted molar refractivity (Wildman–Crippen MR) is 45.3 cm³/mol. The van der Waals surface area contributed by atoms with Crippen LogP contribution < -0.4 is 0 Å². The maximum Gasteiger partial charge on any atom is 0.344 e. The van der Waals surface area contributed by atoms with Gasteiger partial charge in [0.25, 0.3) is 0 Å². The first-order valence-corrected chi connectivity index (χ1v) is 5.00. The summed E-state index contributed by atoms with van der Waals surface area (Å²) in [5, 5.41) is 10.6. The summed E-state index contributed by atoms with van der Waals surface area (Å²) in [5.41, 5.74) is 0.287. The van der Waals surface area contributed by atoms with Crippen LogP contribution in [0.25, 0.3) is 0 Å². The summed E-state index contributed by atoms with van der Waals surface area (Å²) < 4.78 is 0. The molecule has 1 aliphatic carbocycles. The molecule has 2 aliphatic heterocycles. The Balaban J connectivity index is 1.94. The molecule has 13 heavy (non-hydrogen) atoms. The monoisotopic (exact) mass is 182 g/mol. The van der Waals surface area contributed by atoms with E-state index in [0.717, 1.165) is 24.6 Å². The van der Waals surface area contributed by atoms with E-state index in [2.05, 4.69) is 0 Å². The molecule has 2 amide bonds. The molecule has 1 saturated carbocycles. The third-order valence-corrected chi connectivity index (χ3v) is 3.86. The van der Waals surface area contributed by atoms with Crippen molar-refractivity contribution in [1.29, 1.82) is 0 Å². The van der Waals surface area contributed by atoms with Crippen LogP contribution in [-0.4, -0.2) is 40.3 Å². The lowest BCUT2D eigenvalue weighted by Gasteiger charge is -2.25. The number of amides is 2. The minimum absolute atomic E-state index is 0.0856. The SMILES string of the molecule is O=C1N2CCCC3(CC3)[C@H](C2)N1O. The van der Waals surface area contributed by atoms with Crippen LogP contribution in [0.1, 0.15) is 25.7 Å². The van der Waals surface area contributed by atoms with Gasteiger partial charge in [-0.15, -0.1) is 0 Å². The summed E-state index contributed by atoms with van der Waals surface area (Å²) in [6, 6.07) is -0.0986. The van der Waals surface area contributed by atoms with Crippen LogP contribution in [-0.2, 0) is 0 Å². The largest absolute Gasteiger partial charge is 0.344 e. The van der Waals surface area contributed by atoms with Gasteiger partial charge in [-0.3, -0.25) is 5.21 Å². The van der Waals surface area contributed by atoms with Gasteiger partial charge in [0, 0.05) is 13.1 Å². The first-order valence-electron chi connectivity index (χ1n) is 5.00. The molecule has 2 saturated heterocycles. The van der Waals surface area contributed by atoms with Crippen LogP contribution in [0.3, 0.4) is 0 Å². The molecular formula is C9H14N2O2. The zero-order valence-electron chi connectivity index (χ0n) is 7.57. The highest BCUT2D eigenvalue weighted by atomic mass is 16.5. The summed E-state index contributed by atoms with van der Waals surface area (Å²) in [6.07, 6.45) is 4.67. The van der Waals surface area contributed by atoms with Crippen molar-refractivity contribution in [2.75, 3.05) is 13.1 Å². The van der Waals surface area contributed by atoms with Crippen molar-refractivity contribution in [3.05, 3.63) is 0 Å². The van der Waals surface area contributed by atoms with Crippen molar-refractivity contribution in [3.63, 3.8) is 0 Å². The molecule has 1 spiro atoms.